The summed E-state index contributed by atoms with van der Waals surface area (Å²) in [5, 5.41) is 2.57. The van der Waals surface area contributed by atoms with Crippen LogP contribution in [-0.2, 0) is 9.59 Å². The van der Waals surface area contributed by atoms with Crippen molar-refractivity contribution in [2.45, 2.75) is 46.2 Å². The molecular weight excluding hydrogens is 180 g/mol. The summed E-state index contributed by atoms with van der Waals surface area (Å²) >= 11 is 0. The second-order valence-corrected chi connectivity index (χ2v) is 3.63. The van der Waals surface area contributed by atoms with Crippen molar-refractivity contribution in [2.24, 2.45) is 0 Å². The van der Waals surface area contributed by atoms with Crippen molar-refractivity contribution in [3.8, 4) is 0 Å². The van der Waals surface area contributed by atoms with E-state index in [4.69, 9.17) is 0 Å². The second kappa shape index (κ2) is 5.62. The van der Waals surface area contributed by atoms with Crippen molar-refractivity contribution < 1.29 is 9.59 Å². The van der Waals surface area contributed by atoms with E-state index in [1.165, 1.54) is 6.92 Å². The molecule has 0 aromatic carbocycles. The third kappa shape index (κ3) is 3.77. The van der Waals surface area contributed by atoms with E-state index in [9.17, 15) is 9.59 Å². The van der Waals surface area contributed by atoms with E-state index in [-0.39, 0.29) is 17.9 Å². The maximum absolute atomic E-state index is 11.7. The molecule has 82 valence electrons. The number of hydrogen-bond donors (Lipinski definition) is 1. The van der Waals surface area contributed by atoms with Crippen LogP contribution in [0.25, 0.3) is 0 Å². The normalized spacial score (nSPS) is 14.4. The van der Waals surface area contributed by atoms with Crippen molar-refractivity contribution in [2.75, 3.05) is 7.05 Å². The SMILES string of the molecule is CCC(C)N(C)C(=O)C(C)NC(C)=O. The van der Waals surface area contributed by atoms with Crippen LogP contribution in [0.2, 0.25) is 0 Å². The van der Waals surface area contributed by atoms with Crippen molar-refractivity contribution >= 4 is 11.8 Å². The first-order valence-corrected chi connectivity index (χ1v) is 4.93. The van der Waals surface area contributed by atoms with Crippen LogP contribution >= 0.6 is 0 Å². The first-order valence-electron chi connectivity index (χ1n) is 4.93. The highest BCUT2D eigenvalue weighted by Crippen LogP contribution is 2.02. The quantitative estimate of drug-likeness (QED) is 0.728. The molecular formula is C10H20N2O2. The predicted molar refractivity (Wildman–Crippen MR) is 55.8 cm³/mol. The number of hydrogen-bond acceptors (Lipinski definition) is 2. The van der Waals surface area contributed by atoms with Crippen LogP contribution in [0, 0.1) is 0 Å². The Kier molecular flexibility index (Phi) is 5.20. The minimum atomic E-state index is -0.438. The molecule has 2 amide bonds. The third-order valence-corrected chi connectivity index (χ3v) is 2.39. The number of nitrogens with one attached hydrogen (secondary N) is 1. The largest absolute Gasteiger partial charge is 0.345 e. The van der Waals surface area contributed by atoms with Crippen LogP contribution in [0.5, 0.6) is 0 Å². The number of likely N-dealkylation sites (N-methyl/N-ethyl adjacent to an activating group) is 1. The second-order valence-electron chi connectivity index (χ2n) is 3.63. The molecule has 0 spiro atoms. The van der Waals surface area contributed by atoms with E-state index in [1.807, 2.05) is 13.8 Å². The van der Waals surface area contributed by atoms with Crippen molar-refractivity contribution in [3.05, 3.63) is 0 Å². The van der Waals surface area contributed by atoms with Crippen molar-refractivity contribution in [1.29, 1.82) is 0 Å². The lowest BCUT2D eigenvalue weighted by Crippen LogP contribution is -2.47. The Morgan fingerprint density at radius 3 is 2.21 bits per heavy atom. The molecule has 0 saturated carbocycles. The average molecular weight is 200 g/mol. The van der Waals surface area contributed by atoms with Gasteiger partial charge in [0.1, 0.15) is 6.04 Å². The van der Waals surface area contributed by atoms with Gasteiger partial charge in [0.15, 0.2) is 0 Å². The van der Waals surface area contributed by atoms with Gasteiger partial charge in [-0.1, -0.05) is 6.92 Å². The fourth-order valence-electron chi connectivity index (χ4n) is 1.16. The molecule has 0 rings (SSSR count). The minimum absolute atomic E-state index is 0.0467. The molecule has 1 N–H and O–H groups in total. The molecule has 0 saturated heterocycles. The van der Waals surface area contributed by atoms with Gasteiger partial charge < -0.3 is 10.2 Å². The molecule has 4 heteroatoms. The molecule has 14 heavy (non-hydrogen) atoms. The Balaban J connectivity index is 4.23. The Labute approximate surface area is 85.7 Å². The Morgan fingerprint density at radius 1 is 1.36 bits per heavy atom. The van der Waals surface area contributed by atoms with Crippen LogP contribution in [0.3, 0.4) is 0 Å². The predicted octanol–water partition coefficient (Wildman–Crippen LogP) is 0.768. The number of carbonyl (C=O) groups is 2. The lowest BCUT2D eigenvalue weighted by molar-refractivity contribution is -0.136. The van der Waals surface area contributed by atoms with Crippen LogP contribution < -0.4 is 5.32 Å². The lowest BCUT2D eigenvalue weighted by atomic mass is 10.2. The monoisotopic (exact) mass is 200 g/mol. The van der Waals surface area contributed by atoms with E-state index in [1.54, 1.807) is 18.9 Å². The zero-order valence-corrected chi connectivity index (χ0v) is 9.63. The van der Waals surface area contributed by atoms with E-state index < -0.39 is 6.04 Å². The summed E-state index contributed by atoms with van der Waals surface area (Å²) in [6.07, 6.45) is 0.912. The molecule has 0 radical (unpaired) electrons. The van der Waals surface area contributed by atoms with Gasteiger partial charge in [-0.05, 0) is 20.3 Å². The number of nitrogens with zero attached hydrogens (tertiary/aromatic N) is 1. The molecule has 2 atom stereocenters. The molecule has 0 aliphatic carbocycles. The van der Waals surface area contributed by atoms with Gasteiger partial charge in [0, 0.05) is 20.0 Å². The summed E-state index contributed by atoms with van der Waals surface area (Å²) in [4.78, 5) is 24.1. The molecule has 4 nitrogen and oxygen atoms in total. The lowest BCUT2D eigenvalue weighted by Gasteiger charge is -2.26. The van der Waals surface area contributed by atoms with E-state index in [2.05, 4.69) is 5.32 Å². The highest BCUT2D eigenvalue weighted by atomic mass is 16.2. The van der Waals surface area contributed by atoms with Gasteiger partial charge in [0.25, 0.3) is 0 Å². The Morgan fingerprint density at radius 2 is 1.86 bits per heavy atom. The summed E-state index contributed by atoms with van der Waals surface area (Å²) in [5.41, 5.74) is 0. The summed E-state index contributed by atoms with van der Waals surface area (Å²) in [5.74, 6) is -0.224. The van der Waals surface area contributed by atoms with Crippen LogP contribution in [0.1, 0.15) is 34.1 Å². The Hall–Kier alpha value is -1.06. The average Bonchev–Trinajstić information content (AvgIpc) is 2.13. The van der Waals surface area contributed by atoms with Crippen LogP contribution in [0.15, 0.2) is 0 Å². The highest BCUT2D eigenvalue weighted by molar-refractivity contribution is 5.86. The molecule has 0 aliphatic heterocycles. The summed E-state index contributed by atoms with van der Waals surface area (Å²) in [7, 11) is 1.76. The van der Waals surface area contributed by atoms with Crippen LogP contribution in [0.4, 0.5) is 0 Å². The number of amides is 2. The van der Waals surface area contributed by atoms with Gasteiger partial charge in [-0.15, -0.1) is 0 Å². The summed E-state index contributed by atoms with van der Waals surface area (Å²) < 4.78 is 0. The molecule has 0 heterocycles. The van der Waals surface area contributed by atoms with Gasteiger partial charge >= 0.3 is 0 Å². The maximum atomic E-state index is 11.7. The zero-order chi connectivity index (χ0) is 11.3. The molecule has 0 aromatic rings. The summed E-state index contributed by atoms with van der Waals surface area (Å²) in [6, 6.07) is -0.231. The fraction of sp³-hybridized carbons (Fsp3) is 0.800. The van der Waals surface area contributed by atoms with Gasteiger partial charge in [-0.3, -0.25) is 9.59 Å². The van der Waals surface area contributed by atoms with Gasteiger partial charge in [-0.2, -0.15) is 0 Å². The smallest absolute Gasteiger partial charge is 0.244 e. The topological polar surface area (TPSA) is 49.4 Å². The fourth-order valence-corrected chi connectivity index (χ4v) is 1.16. The number of rotatable bonds is 4. The van der Waals surface area contributed by atoms with E-state index in [0.717, 1.165) is 6.42 Å². The standard InChI is InChI=1S/C10H20N2O2/c1-6-7(2)12(5)10(14)8(3)11-9(4)13/h7-8H,6H2,1-5H3,(H,11,13). The summed E-state index contributed by atoms with van der Waals surface area (Å²) in [6.45, 7) is 7.12. The molecule has 0 fully saturated rings. The van der Waals surface area contributed by atoms with Crippen LogP contribution in [-0.4, -0.2) is 35.8 Å². The highest BCUT2D eigenvalue weighted by Gasteiger charge is 2.20. The van der Waals surface area contributed by atoms with Crippen molar-refractivity contribution in [1.82, 2.24) is 10.2 Å². The number of carbonyl (C=O) groups excluding carboxylic acids is 2. The first-order chi connectivity index (χ1) is 6.40. The molecule has 0 aromatic heterocycles. The third-order valence-electron chi connectivity index (χ3n) is 2.39. The van der Waals surface area contributed by atoms with Gasteiger partial charge in [-0.25, -0.2) is 0 Å². The Bertz CT molecular complexity index is 216. The maximum Gasteiger partial charge on any atom is 0.244 e. The van der Waals surface area contributed by atoms with E-state index in [0.29, 0.717) is 0 Å². The van der Waals surface area contributed by atoms with E-state index >= 15 is 0 Å². The minimum Gasteiger partial charge on any atom is -0.345 e. The van der Waals surface area contributed by atoms with Gasteiger partial charge in [0.2, 0.25) is 11.8 Å². The molecule has 0 aliphatic rings. The zero-order valence-electron chi connectivity index (χ0n) is 9.63. The first kappa shape index (κ1) is 12.9. The van der Waals surface area contributed by atoms with Crippen molar-refractivity contribution in [3.63, 3.8) is 0 Å². The molecule has 0 bridgehead atoms. The van der Waals surface area contributed by atoms with Gasteiger partial charge in [0.05, 0.1) is 0 Å². The molecule has 2 unspecified atom stereocenters.